The lowest BCUT2D eigenvalue weighted by Gasteiger charge is -2.08. The number of nitrogens with one attached hydrogen (secondary N) is 2. The van der Waals surface area contributed by atoms with Gasteiger partial charge in [0.25, 0.3) is 11.3 Å². The molecule has 2 aromatic carbocycles. The Bertz CT molecular complexity index is 1190. The Kier molecular flexibility index (Phi) is 4.69. The first-order valence-corrected chi connectivity index (χ1v) is 9.33. The molecule has 142 valence electrons. The van der Waals surface area contributed by atoms with E-state index in [4.69, 9.17) is 0 Å². The van der Waals surface area contributed by atoms with Crippen molar-refractivity contribution in [2.75, 3.05) is 5.32 Å². The molecule has 0 saturated carbocycles. The van der Waals surface area contributed by atoms with Crippen molar-refractivity contribution >= 4 is 11.5 Å². The summed E-state index contributed by atoms with van der Waals surface area (Å²) in [6, 6.07) is 16.2. The molecule has 0 amide bonds. The van der Waals surface area contributed by atoms with Crippen LogP contribution in [0.25, 0.3) is 5.78 Å². The second-order valence-electron chi connectivity index (χ2n) is 7.12. The van der Waals surface area contributed by atoms with Crippen LogP contribution in [0.5, 0.6) is 0 Å². The molecule has 0 aliphatic rings. The van der Waals surface area contributed by atoms with Crippen LogP contribution in [0.15, 0.2) is 53.3 Å². The summed E-state index contributed by atoms with van der Waals surface area (Å²) in [6.45, 7) is 6.49. The number of hydrogen-bond acceptors (Lipinski definition) is 4. The van der Waals surface area contributed by atoms with Gasteiger partial charge in [-0.25, -0.2) is 4.98 Å². The van der Waals surface area contributed by atoms with Crippen molar-refractivity contribution in [2.24, 2.45) is 0 Å². The van der Waals surface area contributed by atoms with Gasteiger partial charge in [-0.1, -0.05) is 48.0 Å². The molecule has 6 heteroatoms. The molecule has 0 fully saturated rings. The van der Waals surface area contributed by atoms with Crippen LogP contribution in [0, 0.1) is 20.8 Å². The average Bonchev–Trinajstić information content (AvgIpc) is 3.08. The molecule has 4 rings (SSSR count). The Hall–Kier alpha value is -3.41. The predicted octanol–water partition coefficient (Wildman–Crippen LogP) is 3.55. The van der Waals surface area contributed by atoms with Crippen LogP contribution >= 0.6 is 0 Å². The van der Waals surface area contributed by atoms with E-state index in [0.29, 0.717) is 35.8 Å². The molecule has 4 aromatic rings. The summed E-state index contributed by atoms with van der Waals surface area (Å²) < 4.78 is 1.43. The van der Waals surface area contributed by atoms with Crippen molar-refractivity contribution in [2.45, 2.75) is 33.7 Å². The van der Waals surface area contributed by atoms with Crippen LogP contribution in [0.4, 0.5) is 5.69 Å². The molecule has 0 radical (unpaired) electrons. The standard InChI is InChI=1S/C22H23N5O/c1-14-9-10-19(15(2)11-14)23-13-20-25-22-24-16(3)18(21(28)27(22)26-20)12-17-7-5-4-6-8-17/h4-11,23H,12-13H2,1-3H3,(H,24,25,26). The van der Waals surface area contributed by atoms with E-state index < -0.39 is 0 Å². The van der Waals surface area contributed by atoms with E-state index in [1.165, 1.54) is 15.6 Å². The average molecular weight is 373 g/mol. The Morgan fingerprint density at radius 1 is 1.04 bits per heavy atom. The molecule has 0 bridgehead atoms. The van der Waals surface area contributed by atoms with Gasteiger partial charge in [-0.2, -0.15) is 9.50 Å². The van der Waals surface area contributed by atoms with E-state index in [0.717, 1.165) is 11.3 Å². The number of aromatic amines is 1. The van der Waals surface area contributed by atoms with Crippen molar-refractivity contribution in [1.29, 1.82) is 0 Å². The lowest BCUT2D eigenvalue weighted by molar-refractivity contribution is 0.832. The normalized spacial score (nSPS) is 11.1. The fourth-order valence-corrected chi connectivity index (χ4v) is 3.37. The van der Waals surface area contributed by atoms with Crippen LogP contribution in [-0.2, 0) is 13.0 Å². The third-order valence-corrected chi connectivity index (χ3v) is 4.89. The highest BCUT2D eigenvalue weighted by molar-refractivity contribution is 5.52. The van der Waals surface area contributed by atoms with E-state index in [1.54, 1.807) is 0 Å². The zero-order valence-corrected chi connectivity index (χ0v) is 16.3. The number of aromatic nitrogens is 4. The first-order chi connectivity index (χ1) is 13.5. The van der Waals surface area contributed by atoms with E-state index in [1.807, 2.05) is 37.3 Å². The van der Waals surface area contributed by atoms with Gasteiger partial charge in [0, 0.05) is 17.7 Å². The van der Waals surface area contributed by atoms with Crippen molar-refractivity contribution in [3.8, 4) is 0 Å². The summed E-state index contributed by atoms with van der Waals surface area (Å²) in [4.78, 5) is 22.0. The molecular weight excluding hydrogens is 350 g/mol. The highest BCUT2D eigenvalue weighted by atomic mass is 16.1. The quantitative estimate of drug-likeness (QED) is 0.561. The van der Waals surface area contributed by atoms with Gasteiger partial charge in [-0.3, -0.25) is 9.89 Å². The maximum Gasteiger partial charge on any atom is 0.277 e. The Morgan fingerprint density at radius 2 is 1.82 bits per heavy atom. The molecule has 2 aromatic heterocycles. The molecule has 0 unspecified atom stereocenters. The largest absolute Gasteiger partial charge is 0.378 e. The zero-order valence-electron chi connectivity index (χ0n) is 16.3. The van der Waals surface area contributed by atoms with Gasteiger partial charge in [0.2, 0.25) is 0 Å². The molecule has 0 spiro atoms. The molecule has 0 aliphatic heterocycles. The number of hydrogen-bond donors (Lipinski definition) is 2. The summed E-state index contributed by atoms with van der Waals surface area (Å²) in [5.74, 6) is 1.07. The molecule has 0 saturated heterocycles. The van der Waals surface area contributed by atoms with Crippen molar-refractivity contribution in [1.82, 2.24) is 19.6 Å². The molecule has 0 aliphatic carbocycles. The van der Waals surface area contributed by atoms with E-state index >= 15 is 0 Å². The second-order valence-corrected chi connectivity index (χ2v) is 7.12. The van der Waals surface area contributed by atoms with Gasteiger partial charge in [0.05, 0.1) is 12.2 Å². The predicted molar refractivity (Wildman–Crippen MR) is 111 cm³/mol. The fourth-order valence-electron chi connectivity index (χ4n) is 3.37. The topological polar surface area (TPSA) is 75.1 Å². The number of nitrogens with zero attached hydrogens (tertiary/aromatic N) is 3. The molecule has 2 N–H and O–H groups in total. The summed E-state index contributed by atoms with van der Waals surface area (Å²) in [5.41, 5.74) is 5.83. The molecular formula is C22H23N5O. The maximum atomic E-state index is 13.0. The smallest absolute Gasteiger partial charge is 0.277 e. The lowest BCUT2D eigenvalue weighted by Crippen LogP contribution is -2.22. The van der Waals surface area contributed by atoms with Crippen LogP contribution in [0.2, 0.25) is 0 Å². The molecule has 6 nitrogen and oxygen atoms in total. The molecule has 28 heavy (non-hydrogen) atoms. The SMILES string of the molecule is Cc1ccc(NCc2nc3nc(C)c(Cc4ccccc4)c(=O)n3[nH]2)c(C)c1. The Morgan fingerprint density at radius 3 is 2.57 bits per heavy atom. The first kappa shape index (κ1) is 18.0. The third-order valence-electron chi connectivity index (χ3n) is 4.89. The van der Waals surface area contributed by atoms with E-state index in [-0.39, 0.29) is 5.56 Å². The number of fused-ring (bicyclic) bond motifs is 1. The number of benzene rings is 2. The van der Waals surface area contributed by atoms with Crippen LogP contribution < -0.4 is 10.9 Å². The van der Waals surface area contributed by atoms with E-state index in [9.17, 15) is 4.79 Å². The minimum atomic E-state index is -0.100. The van der Waals surface area contributed by atoms with Crippen LogP contribution in [0.1, 0.15) is 33.8 Å². The van der Waals surface area contributed by atoms with Gasteiger partial charge >= 0.3 is 0 Å². The van der Waals surface area contributed by atoms with Gasteiger partial charge < -0.3 is 5.32 Å². The van der Waals surface area contributed by atoms with Crippen molar-refractivity contribution in [3.05, 3.63) is 92.7 Å². The van der Waals surface area contributed by atoms with Crippen molar-refractivity contribution in [3.63, 3.8) is 0 Å². The minimum absolute atomic E-state index is 0.100. The maximum absolute atomic E-state index is 13.0. The van der Waals surface area contributed by atoms with Gasteiger partial charge in [-0.05, 0) is 38.0 Å². The van der Waals surface area contributed by atoms with Gasteiger partial charge in [0.15, 0.2) is 0 Å². The van der Waals surface area contributed by atoms with Gasteiger partial charge in [-0.15, -0.1) is 0 Å². The summed E-state index contributed by atoms with van der Waals surface area (Å²) in [5, 5.41) is 6.46. The Balaban J connectivity index is 1.62. The van der Waals surface area contributed by atoms with Crippen LogP contribution in [-0.4, -0.2) is 19.6 Å². The number of anilines is 1. The number of rotatable bonds is 5. The molecule has 2 heterocycles. The number of aryl methyl sites for hydroxylation is 3. The van der Waals surface area contributed by atoms with E-state index in [2.05, 4.69) is 52.4 Å². The highest BCUT2D eigenvalue weighted by Crippen LogP contribution is 2.16. The third kappa shape index (κ3) is 3.53. The summed E-state index contributed by atoms with van der Waals surface area (Å²) >= 11 is 0. The monoisotopic (exact) mass is 373 g/mol. The Labute approximate surface area is 163 Å². The minimum Gasteiger partial charge on any atom is -0.378 e. The van der Waals surface area contributed by atoms with Crippen molar-refractivity contribution < 1.29 is 0 Å². The van der Waals surface area contributed by atoms with Crippen LogP contribution in [0.3, 0.4) is 0 Å². The summed E-state index contributed by atoms with van der Waals surface area (Å²) in [7, 11) is 0. The lowest BCUT2D eigenvalue weighted by atomic mass is 10.1. The fraction of sp³-hybridized carbons (Fsp3) is 0.227. The highest BCUT2D eigenvalue weighted by Gasteiger charge is 2.14. The molecule has 0 atom stereocenters. The second kappa shape index (κ2) is 7.31. The summed E-state index contributed by atoms with van der Waals surface area (Å²) in [6.07, 6.45) is 0.552. The number of H-pyrrole nitrogens is 1. The zero-order chi connectivity index (χ0) is 19.7. The van der Waals surface area contributed by atoms with Gasteiger partial charge in [0.1, 0.15) is 5.82 Å². The first-order valence-electron chi connectivity index (χ1n) is 9.33.